The number of hydrogen-bond donors (Lipinski definition) is 1. The van der Waals surface area contributed by atoms with Crippen LogP contribution in [0.2, 0.25) is 0 Å². The van der Waals surface area contributed by atoms with E-state index in [4.69, 9.17) is 0 Å². The Hall–Kier alpha value is -3.42. The van der Waals surface area contributed by atoms with Crippen molar-refractivity contribution in [2.45, 2.75) is 44.7 Å². The molecule has 1 saturated carbocycles. The van der Waals surface area contributed by atoms with Gasteiger partial charge in [0.25, 0.3) is 11.6 Å². The van der Waals surface area contributed by atoms with Crippen LogP contribution in [0, 0.1) is 10.1 Å². The molecule has 2 fully saturated rings. The number of benzene rings is 1. The lowest BCUT2D eigenvalue weighted by Gasteiger charge is -2.23. The van der Waals surface area contributed by atoms with Gasteiger partial charge >= 0.3 is 6.03 Å². The zero-order chi connectivity index (χ0) is 20.4. The number of amides is 3. The monoisotopic (exact) mass is 394 g/mol. The van der Waals surface area contributed by atoms with E-state index in [1.807, 2.05) is 18.5 Å². The van der Waals surface area contributed by atoms with Crippen LogP contribution in [0.25, 0.3) is 6.08 Å². The van der Waals surface area contributed by atoms with Gasteiger partial charge in [0.2, 0.25) is 0 Å². The van der Waals surface area contributed by atoms with Crippen molar-refractivity contribution in [2.75, 3.05) is 0 Å². The number of urea groups is 1. The van der Waals surface area contributed by atoms with Crippen molar-refractivity contribution in [1.29, 1.82) is 0 Å². The fraction of sp³-hybridized carbons (Fsp3) is 0.333. The number of rotatable bonds is 5. The highest BCUT2D eigenvalue weighted by atomic mass is 16.6. The Morgan fingerprint density at radius 1 is 1.10 bits per heavy atom. The Morgan fingerprint density at radius 2 is 1.83 bits per heavy atom. The van der Waals surface area contributed by atoms with Gasteiger partial charge in [-0.25, -0.2) is 4.79 Å². The van der Waals surface area contributed by atoms with Gasteiger partial charge < -0.3 is 9.88 Å². The number of nitrogens with zero attached hydrogens (tertiary/aromatic N) is 3. The van der Waals surface area contributed by atoms with Crippen molar-refractivity contribution in [2.24, 2.45) is 0 Å². The molecule has 150 valence electrons. The molecule has 1 N–H and O–H groups in total. The second kappa shape index (κ2) is 7.90. The summed E-state index contributed by atoms with van der Waals surface area (Å²) >= 11 is 0. The molecule has 3 amide bonds. The number of hydrogen-bond acceptors (Lipinski definition) is 4. The van der Waals surface area contributed by atoms with E-state index in [0.717, 1.165) is 10.5 Å². The molecular formula is C21H22N4O4. The molecule has 1 aliphatic heterocycles. The third kappa shape index (κ3) is 4.06. The molecule has 0 spiro atoms. The average molecular weight is 394 g/mol. The summed E-state index contributed by atoms with van der Waals surface area (Å²) in [5, 5.41) is 13.4. The Morgan fingerprint density at radius 3 is 2.52 bits per heavy atom. The highest BCUT2D eigenvalue weighted by Crippen LogP contribution is 2.29. The van der Waals surface area contributed by atoms with E-state index in [1.165, 1.54) is 44.2 Å². The van der Waals surface area contributed by atoms with Crippen LogP contribution in [-0.4, -0.2) is 26.3 Å². The molecule has 2 heterocycles. The summed E-state index contributed by atoms with van der Waals surface area (Å²) in [6, 6.07) is 7.77. The first-order valence-corrected chi connectivity index (χ1v) is 9.76. The number of aromatic nitrogens is 1. The second-order valence-corrected chi connectivity index (χ2v) is 7.49. The van der Waals surface area contributed by atoms with Gasteiger partial charge in [-0.05, 0) is 36.1 Å². The summed E-state index contributed by atoms with van der Waals surface area (Å²) in [5.74, 6) is -0.404. The molecule has 2 aliphatic rings. The molecule has 0 bridgehead atoms. The number of nitro benzene ring substituents is 1. The van der Waals surface area contributed by atoms with E-state index >= 15 is 0 Å². The first kappa shape index (κ1) is 18.9. The van der Waals surface area contributed by atoms with Crippen molar-refractivity contribution in [3.05, 3.63) is 69.7 Å². The van der Waals surface area contributed by atoms with Crippen molar-refractivity contribution < 1.29 is 14.5 Å². The van der Waals surface area contributed by atoms with Gasteiger partial charge in [0, 0.05) is 30.6 Å². The third-order valence-corrected chi connectivity index (χ3v) is 5.49. The van der Waals surface area contributed by atoms with Gasteiger partial charge in [-0.1, -0.05) is 31.4 Å². The molecule has 0 atom stereocenters. The average Bonchev–Trinajstić information content (AvgIpc) is 3.30. The van der Waals surface area contributed by atoms with Crippen molar-refractivity contribution in [3.63, 3.8) is 0 Å². The number of carbonyl (C=O) groups excluding carboxylic acids is 2. The number of nitro groups is 1. The van der Waals surface area contributed by atoms with Crippen molar-refractivity contribution >= 4 is 23.7 Å². The topological polar surface area (TPSA) is 97.5 Å². The van der Waals surface area contributed by atoms with E-state index in [-0.39, 0.29) is 17.9 Å². The lowest BCUT2D eigenvalue weighted by Crippen LogP contribution is -2.30. The predicted octanol–water partition coefficient (Wildman–Crippen LogP) is 3.99. The minimum atomic E-state index is -0.494. The Labute approximate surface area is 168 Å². The van der Waals surface area contributed by atoms with Crippen molar-refractivity contribution in [3.8, 4) is 0 Å². The minimum Gasteiger partial charge on any atom is -0.351 e. The summed E-state index contributed by atoms with van der Waals surface area (Å²) in [7, 11) is 0. The highest BCUT2D eigenvalue weighted by molar-refractivity contribution is 6.13. The predicted molar refractivity (Wildman–Crippen MR) is 107 cm³/mol. The Bertz CT molecular complexity index is 971. The van der Waals surface area contributed by atoms with Gasteiger partial charge in [-0.2, -0.15) is 0 Å². The summed E-state index contributed by atoms with van der Waals surface area (Å²) in [4.78, 5) is 36.3. The number of non-ortho nitro benzene ring substituents is 1. The number of nitrogens with one attached hydrogen (secondary N) is 1. The molecule has 29 heavy (non-hydrogen) atoms. The van der Waals surface area contributed by atoms with E-state index in [9.17, 15) is 19.7 Å². The minimum absolute atomic E-state index is 0.0333. The molecule has 2 aromatic rings. The van der Waals surface area contributed by atoms with Gasteiger partial charge in [-0.15, -0.1) is 0 Å². The molecule has 1 aromatic carbocycles. The van der Waals surface area contributed by atoms with E-state index in [1.54, 1.807) is 18.2 Å². The van der Waals surface area contributed by atoms with Crippen LogP contribution in [0.4, 0.5) is 10.5 Å². The van der Waals surface area contributed by atoms with Crippen molar-refractivity contribution in [1.82, 2.24) is 14.8 Å². The van der Waals surface area contributed by atoms with Crippen LogP contribution in [0.15, 0.2) is 48.4 Å². The standard InChI is InChI=1S/C21H22N4O4/c26-20-19(12-16-10-11-23(13-16)17-4-2-1-3-5-17)22-21(27)24(20)14-15-6-8-18(9-7-15)25(28)29/h6-13,17H,1-5,14H2,(H,22,27)/b19-12+. The quantitative estimate of drug-likeness (QED) is 0.359. The zero-order valence-corrected chi connectivity index (χ0v) is 15.9. The Balaban J connectivity index is 1.46. The molecule has 1 saturated heterocycles. The maximum Gasteiger partial charge on any atom is 0.329 e. The zero-order valence-electron chi connectivity index (χ0n) is 15.9. The first-order chi connectivity index (χ1) is 14.0. The van der Waals surface area contributed by atoms with Crippen LogP contribution < -0.4 is 5.32 Å². The first-order valence-electron chi connectivity index (χ1n) is 9.76. The number of imide groups is 1. The fourth-order valence-corrected chi connectivity index (χ4v) is 3.91. The van der Waals surface area contributed by atoms with E-state index < -0.39 is 16.9 Å². The number of carbonyl (C=O) groups is 2. The van der Waals surface area contributed by atoms with Gasteiger partial charge in [-0.3, -0.25) is 19.8 Å². The maximum atomic E-state index is 12.7. The summed E-state index contributed by atoms with van der Waals surface area (Å²) in [6.45, 7) is 0.0586. The SMILES string of the molecule is O=C1N/C(=C/c2ccn(C3CCCCC3)c2)C(=O)N1Cc1ccc([N+](=O)[O-])cc1. The smallest absolute Gasteiger partial charge is 0.329 e. The van der Waals surface area contributed by atoms with Crippen LogP contribution in [0.3, 0.4) is 0 Å². The summed E-state index contributed by atoms with van der Waals surface area (Å²) in [6.07, 6.45) is 11.8. The summed E-state index contributed by atoms with van der Waals surface area (Å²) < 4.78 is 2.20. The molecule has 0 radical (unpaired) electrons. The van der Waals surface area contributed by atoms with Crippen LogP contribution in [0.5, 0.6) is 0 Å². The van der Waals surface area contributed by atoms with Gasteiger partial charge in [0.1, 0.15) is 5.70 Å². The van der Waals surface area contributed by atoms with E-state index in [2.05, 4.69) is 9.88 Å². The molecule has 0 unspecified atom stereocenters. The molecular weight excluding hydrogens is 372 g/mol. The van der Waals surface area contributed by atoms with Crippen LogP contribution >= 0.6 is 0 Å². The molecule has 1 aliphatic carbocycles. The maximum absolute atomic E-state index is 12.7. The lowest BCUT2D eigenvalue weighted by molar-refractivity contribution is -0.384. The van der Waals surface area contributed by atoms with E-state index in [0.29, 0.717) is 11.6 Å². The van der Waals surface area contributed by atoms with Crippen LogP contribution in [-0.2, 0) is 11.3 Å². The lowest BCUT2D eigenvalue weighted by atomic mass is 9.95. The molecule has 8 heteroatoms. The Kier molecular flexibility index (Phi) is 5.16. The molecule has 4 rings (SSSR count). The molecule has 1 aromatic heterocycles. The fourth-order valence-electron chi connectivity index (χ4n) is 3.91. The van der Waals surface area contributed by atoms with Gasteiger partial charge in [0.05, 0.1) is 11.5 Å². The second-order valence-electron chi connectivity index (χ2n) is 7.49. The van der Waals surface area contributed by atoms with Crippen LogP contribution in [0.1, 0.15) is 49.3 Å². The highest BCUT2D eigenvalue weighted by Gasteiger charge is 2.33. The summed E-state index contributed by atoms with van der Waals surface area (Å²) in [5.41, 5.74) is 1.72. The third-order valence-electron chi connectivity index (χ3n) is 5.49. The molecule has 8 nitrogen and oxygen atoms in total. The normalized spacial score (nSPS) is 19.0. The van der Waals surface area contributed by atoms with Gasteiger partial charge in [0.15, 0.2) is 0 Å². The largest absolute Gasteiger partial charge is 0.351 e.